The molecule has 6 aromatic rings. The molecule has 0 unspecified atom stereocenters. The van der Waals surface area contributed by atoms with Crippen molar-refractivity contribution < 1.29 is 52.7 Å². The quantitative estimate of drug-likeness (QED) is 0.117. The lowest BCUT2D eigenvalue weighted by Crippen LogP contribution is -2.05. The van der Waals surface area contributed by atoms with Gasteiger partial charge < -0.3 is 0 Å². The van der Waals surface area contributed by atoms with Gasteiger partial charge in [-0.2, -0.15) is 75.7 Å². The summed E-state index contributed by atoms with van der Waals surface area (Å²) in [5.74, 6) is -3.05. The van der Waals surface area contributed by atoms with Crippen LogP contribution in [0.5, 0.6) is 0 Å². The third-order valence-electron chi connectivity index (χ3n) is 6.56. The number of halogens is 12. The number of benzene rings is 3. The maximum absolute atomic E-state index is 13.4. The van der Waals surface area contributed by atoms with Crippen molar-refractivity contribution in [2.45, 2.75) is 32.9 Å². The van der Waals surface area contributed by atoms with E-state index in [4.69, 9.17) is 11.8 Å². The highest BCUT2D eigenvalue weighted by Crippen LogP contribution is 2.35. The first-order valence-corrected chi connectivity index (χ1v) is 14.3. The molecule has 0 aliphatic heterocycles. The molecular formula is C32H20F12N12. The number of H-pyrrole nitrogens is 3. The summed E-state index contributed by atoms with van der Waals surface area (Å²) in [5, 5.41) is 40.2. The fraction of sp³-hybridized carbons (Fsp3) is 0.156. The van der Waals surface area contributed by atoms with E-state index in [0.29, 0.717) is 24.3 Å². The standard InChI is InChI=1S/C11H7F4N.C10H5F4N7.C10H4F4N4.CH4/c1-7(16-2)3-8-4-9(11(13,14)15)6-10(12)5-8;11-6-2-4(1-5(3-6)10(12,13)14)7-8(16-19-15-7)9-17-20-21-18-9;11-7-2-5(1-6(3-7)10(12,13)14)9-8(4-15)16-18-17-9;/h3-6H,1H3;1-3H,(H,15,16,19)(H,17,18,20,21);1-3H,(H,16,17,18);1H4/b7-3+;;;. The molecule has 3 N–H and O–H groups in total. The van der Waals surface area contributed by atoms with E-state index < -0.39 is 52.7 Å². The lowest BCUT2D eigenvalue weighted by molar-refractivity contribution is -0.138. The molecule has 0 spiro atoms. The van der Waals surface area contributed by atoms with Crippen LogP contribution in [0.1, 0.15) is 42.3 Å². The summed E-state index contributed by atoms with van der Waals surface area (Å²) in [6.07, 6.45) is -12.7. The van der Waals surface area contributed by atoms with Gasteiger partial charge in [-0.3, -0.25) is 0 Å². The summed E-state index contributed by atoms with van der Waals surface area (Å²) in [5.41, 5.74) is -3.65. The van der Waals surface area contributed by atoms with Crippen molar-refractivity contribution in [2.24, 2.45) is 0 Å². The second-order valence-electron chi connectivity index (χ2n) is 10.5. The number of hydrogen-bond donors (Lipinski definition) is 3. The zero-order chi connectivity index (χ0) is 40.7. The second-order valence-corrected chi connectivity index (χ2v) is 10.5. The minimum atomic E-state index is -4.67. The number of aromatic nitrogens is 10. The number of nitrogens with one attached hydrogen (secondary N) is 3. The molecule has 3 aromatic carbocycles. The van der Waals surface area contributed by atoms with E-state index in [1.807, 2.05) is 0 Å². The van der Waals surface area contributed by atoms with E-state index in [9.17, 15) is 52.7 Å². The van der Waals surface area contributed by atoms with Gasteiger partial charge in [-0.1, -0.05) is 13.5 Å². The van der Waals surface area contributed by atoms with Gasteiger partial charge >= 0.3 is 18.5 Å². The van der Waals surface area contributed by atoms with Crippen molar-refractivity contribution in [3.8, 4) is 40.1 Å². The van der Waals surface area contributed by atoms with Crippen molar-refractivity contribution in [1.29, 1.82) is 5.26 Å². The average molecular weight is 801 g/mol. The molecule has 0 aliphatic rings. The molecule has 0 amide bonds. The van der Waals surface area contributed by atoms with Gasteiger partial charge in [0, 0.05) is 11.1 Å². The zero-order valence-corrected chi connectivity index (χ0v) is 26.8. The lowest BCUT2D eigenvalue weighted by atomic mass is 10.1. The van der Waals surface area contributed by atoms with Crippen LogP contribution in [0, 0.1) is 35.4 Å². The first kappa shape index (κ1) is 43.3. The number of hydrogen-bond acceptors (Lipinski definition) is 8. The number of allylic oxidation sites excluding steroid dienone is 1. The second kappa shape index (κ2) is 17.4. The Labute approximate surface area is 305 Å². The first-order valence-electron chi connectivity index (χ1n) is 14.3. The molecule has 3 aromatic heterocycles. The van der Waals surface area contributed by atoms with Gasteiger partial charge in [0.1, 0.15) is 34.9 Å². The topological polar surface area (TPSA) is 166 Å². The van der Waals surface area contributed by atoms with Crippen molar-refractivity contribution >= 4 is 6.08 Å². The summed E-state index contributed by atoms with van der Waals surface area (Å²) < 4.78 is 152. The predicted molar refractivity (Wildman–Crippen MR) is 170 cm³/mol. The van der Waals surface area contributed by atoms with Crippen LogP contribution in [-0.4, -0.2) is 51.4 Å². The summed E-state index contributed by atoms with van der Waals surface area (Å²) in [6, 6.07) is 7.83. The smallest absolute Gasteiger partial charge is 0.243 e. The number of nitriles is 1. The maximum Gasteiger partial charge on any atom is 0.416 e. The van der Waals surface area contributed by atoms with Crippen LogP contribution in [-0.2, 0) is 18.5 Å². The fourth-order valence-corrected chi connectivity index (χ4v) is 4.27. The summed E-state index contributed by atoms with van der Waals surface area (Å²) in [6.45, 7) is 8.06. The van der Waals surface area contributed by atoms with E-state index in [2.05, 4.69) is 56.3 Å². The van der Waals surface area contributed by atoms with E-state index in [0.717, 1.165) is 30.3 Å². The number of aromatic amines is 3. The number of rotatable bonds is 4. The third kappa shape index (κ3) is 11.2. The van der Waals surface area contributed by atoms with Gasteiger partial charge in [-0.05, 0) is 72.3 Å². The minimum Gasteiger partial charge on any atom is -0.243 e. The maximum atomic E-state index is 13.4. The molecule has 292 valence electrons. The lowest BCUT2D eigenvalue weighted by Gasteiger charge is -2.08. The minimum absolute atomic E-state index is 0. The molecule has 6 rings (SSSR count). The Kier molecular flexibility index (Phi) is 13.4. The Balaban J connectivity index is 0.000000226. The molecule has 24 heteroatoms. The Morgan fingerprint density at radius 1 is 0.643 bits per heavy atom. The van der Waals surface area contributed by atoms with Crippen molar-refractivity contribution in [3.05, 3.63) is 117 Å². The average Bonchev–Trinajstić information content (AvgIpc) is 3.89. The molecule has 0 fully saturated rings. The summed E-state index contributed by atoms with van der Waals surface area (Å²) >= 11 is 0. The van der Waals surface area contributed by atoms with E-state index >= 15 is 0 Å². The van der Waals surface area contributed by atoms with Gasteiger partial charge in [0.2, 0.25) is 5.82 Å². The molecule has 0 aliphatic carbocycles. The molecule has 0 radical (unpaired) electrons. The first-order chi connectivity index (χ1) is 25.7. The van der Waals surface area contributed by atoms with E-state index in [1.54, 1.807) is 6.07 Å². The summed E-state index contributed by atoms with van der Waals surface area (Å²) in [4.78, 5) is 3.01. The van der Waals surface area contributed by atoms with Gasteiger partial charge in [0.25, 0.3) is 0 Å². The predicted octanol–water partition coefficient (Wildman–Crippen LogP) is 9.07. The molecular weight excluding hydrogens is 780 g/mol. The van der Waals surface area contributed by atoms with Crippen molar-refractivity contribution in [2.75, 3.05) is 0 Å². The van der Waals surface area contributed by atoms with E-state index in [1.165, 1.54) is 13.0 Å². The zero-order valence-electron chi connectivity index (χ0n) is 26.8. The Hall–Kier alpha value is -7.11. The third-order valence-corrected chi connectivity index (χ3v) is 6.56. The molecule has 0 saturated carbocycles. The van der Waals surface area contributed by atoms with Crippen LogP contribution in [0.4, 0.5) is 52.7 Å². The van der Waals surface area contributed by atoms with Crippen LogP contribution >= 0.6 is 0 Å². The normalized spacial score (nSPS) is 11.6. The number of tetrazole rings is 1. The molecule has 12 nitrogen and oxygen atoms in total. The van der Waals surface area contributed by atoms with Crippen molar-refractivity contribution in [1.82, 2.24) is 51.4 Å². The Bertz CT molecular complexity index is 2380. The van der Waals surface area contributed by atoms with Gasteiger partial charge in [-0.15, -0.1) is 15.3 Å². The highest BCUT2D eigenvalue weighted by Gasteiger charge is 2.33. The highest BCUT2D eigenvalue weighted by molar-refractivity contribution is 5.74. The van der Waals surface area contributed by atoms with Gasteiger partial charge in [0.15, 0.2) is 17.1 Å². The van der Waals surface area contributed by atoms with Gasteiger partial charge in [0.05, 0.1) is 23.3 Å². The number of nitrogens with zero attached hydrogens (tertiary/aromatic N) is 9. The van der Waals surface area contributed by atoms with Crippen LogP contribution < -0.4 is 0 Å². The van der Waals surface area contributed by atoms with Crippen LogP contribution in [0.15, 0.2) is 60.3 Å². The van der Waals surface area contributed by atoms with Gasteiger partial charge in [-0.25, -0.2) is 18.0 Å². The Morgan fingerprint density at radius 3 is 1.59 bits per heavy atom. The molecule has 3 heterocycles. The largest absolute Gasteiger partial charge is 0.416 e. The molecule has 56 heavy (non-hydrogen) atoms. The molecule has 0 saturated heterocycles. The van der Waals surface area contributed by atoms with Crippen LogP contribution in [0.25, 0.3) is 45.0 Å². The van der Waals surface area contributed by atoms with Crippen molar-refractivity contribution in [3.63, 3.8) is 0 Å². The fourth-order valence-electron chi connectivity index (χ4n) is 4.27. The van der Waals surface area contributed by atoms with Crippen LogP contribution in [0.2, 0.25) is 0 Å². The monoisotopic (exact) mass is 800 g/mol. The Morgan fingerprint density at radius 2 is 1.11 bits per heavy atom. The SMILES string of the molecule is C.Fc1cc(-c2n[nH]nc2-c2nn[nH]n2)cc(C(F)(F)F)c1.N#Cc1n[nH]nc1-c1cc(F)cc(C(F)(F)F)c1.[C-]#[N+]/C(C)=C/c1cc(F)cc(C(F)(F)F)c1. The van der Waals surface area contributed by atoms with E-state index in [-0.39, 0.29) is 58.4 Å². The summed E-state index contributed by atoms with van der Waals surface area (Å²) in [7, 11) is 0. The molecule has 0 atom stereocenters. The highest BCUT2D eigenvalue weighted by atomic mass is 19.4. The number of alkyl halides is 9. The molecule has 0 bridgehead atoms. The van der Waals surface area contributed by atoms with Crippen LogP contribution in [0.3, 0.4) is 0 Å².